The van der Waals surface area contributed by atoms with Crippen molar-refractivity contribution >= 4 is 5.82 Å². The van der Waals surface area contributed by atoms with Gasteiger partial charge in [-0.2, -0.15) is 0 Å². The molecule has 0 unspecified atom stereocenters. The van der Waals surface area contributed by atoms with E-state index < -0.39 is 0 Å². The summed E-state index contributed by atoms with van der Waals surface area (Å²) in [5.41, 5.74) is 11.8. The molecule has 0 atom stereocenters. The molecule has 0 radical (unpaired) electrons. The number of nitrogen functional groups attached to an aromatic ring is 1. The van der Waals surface area contributed by atoms with Crippen LogP contribution < -0.4 is 5.73 Å². The van der Waals surface area contributed by atoms with Gasteiger partial charge in [-0.05, 0) is 41.7 Å². The highest BCUT2D eigenvalue weighted by Crippen LogP contribution is 2.24. The zero-order valence-electron chi connectivity index (χ0n) is 12.1. The highest BCUT2D eigenvalue weighted by molar-refractivity contribution is 5.67. The van der Waals surface area contributed by atoms with Gasteiger partial charge in [-0.1, -0.05) is 54.6 Å². The number of anilines is 1. The molecule has 2 heteroatoms. The largest absolute Gasteiger partial charge is 0.384 e. The number of benzene rings is 2. The third-order valence-corrected chi connectivity index (χ3v) is 3.65. The maximum absolute atomic E-state index is 5.70. The molecule has 0 fully saturated rings. The Labute approximate surface area is 125 Å². The molecule has 0 aliphatic carbocycles. The van der Waals surface area contributed by atoms with Gasteiger partial charge in [0.2, 0.25) is 0 Å². The molecule has 3 rings (SSSR count). The van der Waals surface area contributed by atoms with Crippen LogP contribution in [0.3, 0.4) is 0 Å². The fourth-order valence-electron chi connectivity index (χ4n) is 2.51. The van der Waals surface area contributed by atoms with Crippen LogP contribution in [0.25, 0.3) is 11.1 Å². The van der Waals surface area contributed by atoms with E-state index in [-0.39, 0.29) is 0 Å². The third-order valence-electron chi connectivity index (χ3n) is 3.65. The molecular weight excluding hydrogens is 256 g/mol. The van der Waals surface area contributed by atoms with Gasteiger partial charge in [0, 0.05) is 11.8 Å². The zero-order chi connectivity index (χ0) is 14.7. The summed E-state index contributed by atoms with van der Waals surface area (Å²) >= 11 is 0. The molecule has 2 N–H and O–H groups in total. The molecule has 0 spiro atoms. The van der Waals surface area contributed by atoms with Gasteiger partial charge < -0.3 is 5.73 Å². The van der Waals surface area contributed by atoms with Crippen molar-refractivity contribution in [3.63, 3.8) is 0 Å². The van der Waals surface area contributed by atoms with Crippen LogP contribution in [-0.2, 0) is 6.42 Å². The minimum absolute atomic E-state index is 0.567. The fraction of sp³-hybridized carbons (Fsp3) is 0.105. The van der Waals surface area contributed by atoms with E-state index in [4.69, 9.17) is 5.73 Å². The molecule has 0 saturated heterocycles. The van der Waals surface area contributed by atoms with Crippen molar-refractivity contribution in [2.45, 2.75) is 13.3 Å². The highest BCUT2D eigenvalue weighted by Gasteiger charge is 2.03. The second-order valence-corrected chi connectivity index (χ2v) is 5.28. The molecule has 104 valence electrons. The third kappa shape index (κ3) is 3.11. The van der Waals surface area contributed by atoms with E-state index in [2.05, 4.69) is 60.4 Å². The molecule has 2 aromatic carbocycles. The van der Waals surface area contributed by atoms with Crippen molar-refractivity contribution in [1.82, 2.24) is 4.98 Å². The molecular formula is C19H18N2. The van der Waals surface area contributed by atoms with Gasteiger partial charge in [-0.25, -0.2) is 4.98 Å². The number of hydrogen-bond donors (Lipinski definition) is 1. The van der Waals surface area contributed by atoms with Crippen molar-refractivity contribution in [3.05, 3.63) is 83.6 Å². The van der Waals surface area contributed by atoms with E-state index in [9.17, 15) is 0 Å². The fourth-order valence-corrected chi connectivity index (χ4v) is 2.51. The van der Waals surface area contributed by atoms with Crippen molar-refractivity contribution in [1.29, 1.82) is 0 Å². The molecule has 0 aliphatic heterocycles. The van der Waals surface area contributed by atoms with Crippen molar-refractivity contribution in [2.24, 2.45) is 0 Å². The Balaban J connectivity index is 1.84. The molecule has 2 nitrogen and oxygen atoms in total. The highest BCUT2D eigenvalue weighted by atomic mass is 14.8. The van der Waals surface area contributed by atoms with E-state index >= 15 is 0 Å². The predicted molar refractivity (Wildman–Crippen MR) is 88.1 cm³/mol. The van der Waals surface area contributed by atoms with Crippen molar-refractivity contribution < 1.29 is 0 Å². The van der Waals surface area contributed by atoms with E-state index in [0.29, 0.717) is 5.82 Å². The van der Waals surface area contributed by atoms with Gasteiger partial charge >= 0.3 is 0 Å². The lowest BCUT2D eigenvalue weighted by molar-refractivity contribution is 1.19. The molecule has 0 saturated carbocycles. The lowest BCUT2D eigenvalue weighted by atomic mass is 9.99. The normalized spacial score (nSPS) is 10.5. The summed E-state index contributed by atoms with van der Waals surface area (Å²) in [6.45, 7) is 2.06. The minimum Gasteiger partial charge on any atom is -0.384 e. The van der Waals surface area contributed by atoms with Crippen LogP contribution in [0.4, 0.5) is 5.82 Å². The van der Waals surface area contributed by atoms with Gasteiger partial charge in [-0.3, -0.25) is 0 Å². The lowest BCUT2D eigenvalue weighted by Gasteiger charge is -2.08. The van der Waals surface area contributed by atoms with Gasteiger partial charge in [0.25, 0.3) is 0 Å². The molecule has 1 aromatic heterocycles. The van der Waals surface area contributed by atoms with Crippen LogP contribution in [0.1, 0.15) is 16.7 Å². The zero-order valence-corrected chi connectivity index (χ0v) is 12.1. The average molecular weight is 274 g/mol. The Morgan fingerprint density at radius 1 is 0.905 bits per heavy atom. The number of pyridine rings is 1. The van der Waals surface area contributed by atoms with Crippen LogP contribution in [-0.4, -0.2) is 4.98 Å². The predicted octanol–water partition coefficient (Wildman–Crippen LogP) is 4.23. The van der Waals surface area contributed by atoms with Crippen LogP contribution in [0.5, 0.6) is 0 Å². The molecule has 21 heavy (non-hydrogen) atoms. The summed E-state index contributed by atoms with van der Waals surface area (Å²) in [6, 6.07) is 21.1. The summed E-state index contributed by atoms with van der Waals surface area (Å²) in [5, 5.41) is 0. The number of aromatic nitrogens is 1. The Bertz CT molecular complexity index is 731. The first-order valence-electron chi connectivity index (χ1n) is 7.08. The maximum Gasteiger partial charge on any atom is 0.123 e. The Morgan fingerprint density at radius 2 is 1.57 bits per heavy atom. The van der Waals surface area contributed by atoms with Crippen LogP contribution in [0, 0.1) is 6.92 Å². The second kappa shape index (κ2) is 5.80. The van der Waals surface area contributed by atoms with E-state index in [1.165, 1.54) is 16.7 Å². The molecule has 0 amide bonds. The molecule has 0 bridgehead atoms. The number of rotatable bonds is 3. The van der Waals surface area contributed by atoms with E-state index in [0.717, 1.165) is 17.5 Å². The molecule has 1 heterocycles. The lowest BCUT2D eigenvalue weighted by Crippen LogP contribution is -1.93. The monoisotopic (exact) mass is 274 g/mol. The first-order chi connectivity index (χ1) is 10.2. The number of nitrogens with two attached hydrogens (primary N) is 1. The molecule has 3 aromatic rings. The smallest absolute Gasteiger partial charge is 0.123 e. The summed E-state index contributed by atoms with van der Waals surface area (Å²) in [6.07, 6.45) is 2.80. The topological polar surface area (TPSA) is 38.9 Å². The SMILES string of the molecule is Cc1cc(N)ncc1-c1ccc(Cc2ccccc2)cc1. The van der Waals surface area contributed by atoms with Gasteiger partial charge in [0.05, 0.1) is 0 Å². The summed E-state index contributed by atoms with van der Waals surface area (Å²) in [5.74, 6) is 0.567. The Hall–Kier alpha value is -2.61. The van der Waals surface area contributed by atoms with Crippen LogP contribution in [0.15, 0.2) is 66.9 Å². The quantitative estimate of drug-likeness (QED) is 0.776. The summed E-state index contributed by atoms with van der Waals surface area (Å²) in [7, 11) is 0. The Kier molecular flexibility index (Phi) is 3.69. The number of hydrogen-bond acceptors (Lipinski definition) is 2. The summed E-state index contributed by atoms with van der Waals surface area (Å²) < 4.78 is 0. The van der Waals surface area contributed by atoms with Gasteiger partial charge in [0.1, 0.15) is 5.82 Å². The van der Waals surface area contributed by atoms with Crippen molar-refractivity contribution in [2.75, 3.05) is 5.73 Å². The molecule has 0 aliphatic rings. The van der Waals surface area contributed by atoms with Gasteiger partial charge in [0.15, 0.2) is 0 Å². The second-order valence-electron chi connectivity index (χ2n) is 5.28. The van der Waals surface area contributed by atoms with Crippen LogP contribution in [0.2, 0.25) is 0 Å². The number of nitrogens with zero attached hydrogens (tertiary/aromatic N) is 1. The van der Waals surface area contributed by atoms with Crippen molar-refractivity contribution in [3.8, 4) is 11.1 Å². The summed E-state index contributed by atoms with van der Waals surface area (Å²) in [4.78, 5) is 4.18. The number of aryl methyl sites for hydroxylation is 1. The average Bonchev–Trinajstić information content (AvgIpc) is 2.49. The first kappa shape index (κ1) is 13.4. The van der Waals surface area contributed by atoms with Crippen LogP contribution >= 0.6 is 0 Å². The minimum atomic E-state index is 0.567. The standard InChI is InChI=1S/C19H18N2/c1-14-11-19(20)21-13-18(14)17-9-7-16(8-10-17)12-15-5-3-2-4-6-15/h2-11,13H,12H2,1H3,(H2,20,21). The van der Waals surface area contributed by atoms with E-state index in [1.54, 1.807) is 0 Å². The van der Waals surface area contributed by atoms with Gasteiger partial charge in [-0.15, -0.1) is 0 Å². The Morgan fingerprint density at radius 3 is 2.24 bits per heavy atom. The maximum atomic E-state index is 5.70. The first-order valence-corrected chi connectivity index (χ1v) is 7.08. The van der Waals surface area contributed by atoms with E-state index in [1.807, 2.05) is 18.3 Å².